The van der Waals surface area contributed by atoms with E-state index in [-0.39, 0.29) is 11.6 Å². The molecule has 4 aromatic rings. The summed E-state index contributed by atoms with van der Waals surface area (Å²) in [7, 11) is 2.12. The van der Waals surface area contributed by atoms with Gasteiger partial charge in [0.05, 0.1) is 12.1 Å². The van der Waals surface area contributed by atoms with Crippen molar-refractivity contribution in [3.8, 4) is 0 Å². The third-order valence-electron chi connectivity index (χ3n) is 7.41. The van der Waals surface area contributed by atoms with E-state index in [1.54, 1.807) is 0 Å². The van der Waals surface area contributed by atoms with Gasteiger partial charge in [-0.1, -0.05) is 61.7 Å². The third kappa shape index (κ3) is 4.28. The van der Waals surface area contributed by atoms with E-state index in [1.165, 1.54) is 24.8 Å². The van der Waals surface area contributed by atoms with E-state index >= 15 is 0 Å². The van der Waals surface area contributed by atoms with Gasteiger partial charge in [0, 0.05) is 11.6 Å². The summed E-state index contributed by atoms with van der Waals surface area (Å²) in [5, 5.41) is 13.8. The molecular weight excluding hydrogens is 424 g/mol. The van der Waals surface area contributed by atoms with Gasteiger partial charge in [0.15, 0.2) is 5.82 Å². The minimum atomic E-state index is -0.337. The van der Waals surface area contributed by atoms with Gasteiger partial charge in [-0.05, 0) is 72.3 Å². The van der Waals surface area contributed by atoms with Crippen LogP contribution in [0.25, 0.3) is 10.9 Å². The second-order valence-corrected chi connectivity index (χ2v) is 9.57. The lowest BCUT2D eigenvalue weighted by Gasteiger charge is -2.36. The lowest BCUT2D eigenvalue weighted by atomic mass is 9.92. The molecule has 1 aliphatic rings. The maximum Gasteiger partial charge on any atom is 0.253 e. The molecule has 1 N–H and O–H groups in total. The van der Waals surface area contributed by atoms with Crippen LogP contribution in [-0.4, -0.2) is 43.2 Å². The second kappa shape index (κ2) is 9.50. The van der Waals surface area contributed by atoms with Gasteiger partial charge in [-0.25, -0.2) is 4.68 Å². The van der Waals surface area contributed by atoms with E-state index < -0.39 is 0 Å². The zero-order valence-corrected chi connectivity index (χ0v) is 20.2. The maximum absolute atomic E-state index is 13.5. The van der Waals surface area contributed by atoms with Gasteiger partial charge in [0.2, 0.25) is 0 Å². The van der Waals surface area contributed by atoms with Gasteiger partial charge in [0.1, 0.15) is 6.04 Å². The predicted molar refractivity (Wildman–Crippen MR) is 134 cm³/mol. The molecule has 2 aromatic carbocycles. The monoisotopic (exact) mass is 456 g/mol. The molecule has 5 rings (SSSR count). The molecule has 1 saturated carbocycles. The van der Waals surface area contributed by atoms with Crippen molar-refractivity contribution in [2.24, 2.45) is 0 Å². The molecule has 2 heterocycles. The zero-order valence-electron chi connectivity index (χ0n) is 20.2. The second-order valence-electron chi connectivity index (χ2n) is 9.57. The number of aromatic amines is 1. The van der Waals surface area contributed by atoms with Crippen molar-refractivity contribution in [3.63, 3.8) is 0 Å². The van der Waals surface area contributed by atoms with Crippen molar-refractivity contribution in [1.82, 2.24) is 30.1 Å². The van der Waals surface area contributed by atoms with Gasteiger partial charge in [-0.2, -0.15) is 0 Å². The van der Waals surface area contributed by atoms with Gasteiger partial charge in [-0.3, -0.25) is 9.69 Å². The first-order chi connectivity index (χ1) is 16.5. The van der Waals surface area contributed by atoms with Crippen LogP contribution in [0.3, 0.4) is 0 Å². The fourth-order valence-corrected chi connectivity index (χ4v) is 5.26. The van der Waals surface area contributed by atoms with E-state index in [1.807, 2.05) is 28.9 Å². The number of benzene rings is 2. The molecule has 7 heteroatoms. The lowest BCUT2D eigenvalue weighted by molar-refractivity contribution is 0.149. The number of H-pyrrole nitrogens is 1. The molecule has 0 radical (unpaired) electrons. The summed E-state index contributed by atoms with van der Waals surface area (Å²) in [6, 6.07) is 16.5. The van der Waals surface area contributed by atoms with E-state index in [0.717, 1.165) is 34.9 Å². The summed E-state index contributed by atoms with van der Waals surface area (Å²) in [5.74, 6) is 0.700. The first-order valence-corrected chi connectivity index (χ1v) is 12.2. The molecule has 7 nitrogen and oxygen atoms in total. The molecular formula is C27H32N6O. The number of nitrogens with zero attached hydrogens (tertiary/aromatic N) is 5. The summed E-state index contributed by atoms with van der Waals surface area (Å²) < 4.78 is 1.84. The molecule has 0 amide bonds. The van der Waals surface area contributed by atoms with Crippen molar-refractivity contribution >= 4 is 10.9 Å². The summed E-state index contributed by atoms with van der Waals surface area (Å²) in [5.41, 5.74) is 4.90. The molecule has 0 unspecified atom stereocenters. The highest BCUT2D eigenvalue weighted by atomic mass is 16.1. The molecule has 0 spiro atoms. The first-order valence-electron chi connectivity index (χ1n) is 12.2. The molecule has 176 valence electrons. The number of pyridine rings is 1. The van der Waals surface area contributed by atoms with Crippen LogP contribution in [-0.2, 0) is 6.54 Å². The van der Waals surface area contributed by atoms with E-state index in [4.69, 9.17) is 0 Å². The largest absolute Gasteiger partial charge is 0.321 e. The topological polar surface area (TPSA) is 79.7 Å². The van der Waals surface area contributed by atoms with Crippen molar-refractivity contribution in [2.75, 3.05) is 7.05 Å². The van der Waals surface area contributed by atoms with Crippen LogP contribution in [0.1, 0.15) is 66.2 Å². The Morgan fingerprint density at radius 2 is 1.85 bits per heavy atom. The average molecular weight is 457 g/mol. The van der Waals surface area contributed by atoms with Crippen LogP contribution in [0.5, 0.6) is 0 Å². The number of rotatable bonds is 6. The maximum atomic E-state index is 13.5. The summed E-state index contributed by atoms with van der Waals surface area (Å²) in [6.45, 7) is 4.68. The van der Waals surface area contributed by atoms with Crippen LogP contribution in [0.2, 0.25) is 0 Å². The highest BCUT2D eigenvalue weighted by Gasteiger charge is 2.33. The Balaban J connectivity index is 1.63. The molecule has 0 bridgehead atoms. The van der Waals surface area contributed by atoms with Crippen molar-refractivity contribution in [3.05, 3.63) is 87.0 Å². The van der Waals surface area contributed by atoms with Crippen LogP contribution < -0.4 is 5.56 Å². The number of hydrogen-bond donors (Lipinski definition) is 1. The zero-order chi connectivity index (χ0) is 23.7. The number of aromatic nitrogens is 5. The fourth-order valence-electron chi connectivity index (χ4n) is 5.26. The Hall–Kier alpha value is -3.32. The van der Waals surface area contributed by atoms with Crippen molar-refractivity contribution in [2.45, 2.75) is 64.6 Å². The molecule has 2 aromatic heterocycles. The van der Waals surface area contributed by atoms with E-state index in [2.05, 4.69) is 70.6 Å². The molecule has 0 saturated heterocycles. The Labute approximate surface area is 199 Å². The van der Waals surface area contributed by atoms with Gasteiger partial charge < -0.3 is 4.98 Å². The predicted octanol–water partition coefficient (Wildman–Crippen LogP) is 4.53. The fraction of sp³-hybridized carbons (Fsp3) is 0.407. The summed E-state index contributed by atoms with van der Waals surface area (Å²) in [4.78, 5) is 19.0. The van der Waals surface area contributed by atoms with Gasteiger partial charge in [0.25, 0.3) is 5.56 Å². The Bertz CT molecular complexity index is 1340. The highest BCUT2D eigenvalue weighted by Crippen LogP contribution is 2.32. The van der Waals surface area contributed by atoms with Crippen LogP contribution >= 0.6 is 0 Å². The lowest BCUT2D eigenvalue weighted by Crippen LogP contribution is -2.40. The molecule has 1 aliphatic carbocycles. The number of tetrazole rings is 1. The SMILES string of the molecule is Cc1ccc2cc([C@H](c3nnnn3Cc3ccccc3)N(C)C3CCCCC3)c(=O)[nH]c2c1C. The number of nitrogens with one attached hydrogen (secondary N) is 1. The summed E-state index contributed by atoms with van der Waals surface area (Å²) >= 11 is 0. The smallest absolute Gasteiger partial charge is 0.253 e. The Kier molecular flexibility index (Phi) is 6.28. The minimum absolute atomic E-state index is 0.0804. The average Bonchev–Trinajstić information content (AvgIpc) is 3.31. The Morgan fingerprint density at radius 1 is 1.09 bits per heavy atom. The quantitative estimate of drug-likeness (QED) is 0.461. The highest BCUT2D eigenvalue weighted by molar-refractivity contribution is 5.83. The summed E-state index contributed by atoms with van der Waals surface area (Å²) in [6.07, 6.45) is 5.94. The molecule has 1 fully saturated rings. The normalized spacial score (nSPS) is 15.8. The van der Waals surface area contributed by atoms with E-state index in [9.17, 15) is 4.79 Å². The van der Waals surface area contributed by atoms with Crippen LogP contribution in [0, 0.1) is 13.8 Å². The van der Waals surface area contributed by atoms with E-state index in [0.29, 0.717) is 24.0 Å². The Morgan fingerprint density at radius 3 is 2.62 bits per heavy atom. The first kappa shape index (κ1) is 22.5. The molecule has 34 heavy (non-hydrogen) atoms. The molecule has 1 atom stereocenters. The minimum Gasteiger partial charge on any atom is -0.321 e. The standard InChI is InChI=1S/C27H32N6O/c1-18-14-15-21-16-23(27(34)28-24(21)19(18)2)25(32(3)22-12-8-5-9-13-22)26-29-30-31-33(26)17-20-10-6-4-7-11-20/h4,6-7,10-11,14-16,22,25H,5,8-9,12-13,17H2,1-3H3,(H,28,34)/t25-/m1/s1. The van der Waals surface area contributed by atoms with Crippen molar-refractivity contribution in [1.29, 1.82) is 0 Å². The van der Waals surface area contributed by atoms with Gasteiger partial charge >= 0.3 is 0 Å². The number of hydrogen-bond acceptors (Lipinski definition) is 5. The van der Waals surface area contributed by atoms with Crippen LogP contribution in [0.15, 0.2) is 53.3 Å². The number of fused-ring (bicyclic) bond motifs is 1. The van der Waals surface area contributed by atoms with Crippen LogP contribution in [0.4, 0.5) is 0 Å². The number of aryl methyl sites for hydroxylation is 2. The third-order valence-corrected chi connectivity index (χ3v) is 7.41. The molecule has 0 aliphatic heterocycles. The van der Waals surface area contributed by atoms with Gasteiger partial charge in [-0.15, -0.1) is 5.10 Å². The van der Waals surface area contributed by atoms with Crippen molar-refractivity contribution < 1.29 is 0 Å².